The zero-order chi connectivity index (χ0) is 21.3. The number of hydrogen-bond donors (Lipinski definition) is 4. The highest BCUT2D eigenvalue weighted by Crippen LogP contribution is 2.11. The van der Waals surface area contributed by atoms with E-state index in [9.17, 15) is 5.11 Å². The topological polar surface area (TPSA) is 80.9 Å². The van der Waals surface area contributed by atoms with E-state index in [0.717, 1.165) is 44.9 Å². The summed E-state index contributed by atoms with van der Waals surface area (Å²) in [5.74, 6) is 0. The normalized spacial score (nSPS) is 13.1. The van der Waals surface area contributed by atoms with Crippen LogP contribution in [0.3, 0.4) is 0 Å². The van der Waals surface area contributed by atoms with Crippen molar-refractivity contribution in [3.05, 3.63) is 0 Å². The molecule has 4 heteroatoms. The summed E-state index contributed by atoms with van der Waals surface area (Å²) in [7, 11) is 0. The Morgan fingerprint density at radius 1 is 0.500 bits per heavy atom. The van der Waals surface area contributed by atoms with E-state index in [4.69, 9.17) is 15.3 Å². The van der Waals surface area contributed by atoms with E-state index < -0.39 is 6.10 Å². The van der Waals surface area contributed by atoms with Crippen molar-refractivity contribution in [2.45, 2.75) is 142 Å². The largest absolute Gasteiger partial charge is 0.396 e. The molecule has 0 aromatic rings. The van der Waals surface area contributed by atoms with Crippen LogP contribution in [0, 0.1) is 0 Å². The lowest BCUT2D eigenvalue weighted by Crippen LogP contribution is -2.10. The molecule has 172 valence electrons. The van der Waals surface area contributed by atoms with E-state index in [0.29, 0.717) is 6.61 Å². The maximum atomic E-state index is 9.30. The molecule has 0 amide bonds. The van der Waals surface area contributed by atoms with Gasteiger partial charge in [0.25, 0.3) is 0 Å². The van der Waals surface area contributed by atoms with Gasteiger partial charge in [-0.2, -0.15) is 0 Å². The molecule has 0 rings (SSSR count). The second kappa shape index (κ2) is 26.8. The molecule has 0 saturated heterocycles. The van der Waals surface area contributed by atoms with Gasteiger partial charge in [-0.05, 0) is 25.7 Å². The fraction of sp³-hybridized carbons (Fsp3) is 1.00. The molecular formula is C24H52O4. The van der Waals surface area contributed by atoms with Gasteiger partial charge < -0.3 is 20.4 Å². The fourth-order valence-electron chi connectivity index (χ4n) is 3.18. The van der Waals surface area contributed by atoms with Crippen LogP contribution in [0.15, 0.2) is 0 Å². The minimum atomic E-state index is -0.491. The van der Waals surface area contributed by atoms with Gasteiger partial charge in [-0.25, -0.2) is 0 Å². The van der Waals surface area contributed by atoms with E-state index in [-0.39, 0.29) is 12.7 Å². The van der Waals surface area contributed by atoms with Crippen molar-refractivity contribution in [2.24, 2.45) is 0 Å². The number of aliphatic hydroxyl groups excluding tert-OH is 4. The third kappa shape index (κ3) is 28.1. The number of rotatable bonds is 20. The smallest absolute Gasteiger partial charge is 0.0770 e. The maximum Gasteiger partial charge on any atom is 0.0770 e. The molecule has 0 heterocycles. The quantitative estimate of drug-likeness (QED) is 0.195. The summed E-state index contributed by atoms with van der Waals surface area (Å²) in [6, 6.07) is 0. The Morgan fingerprint density at radius 2 is 0.893 bits per heavy atom. The Balaban J connectivity index is 0. The molecule has 0 aliphatic heterocycles. The average molecular weight is 405 g/mol. The van der Waals surface area contributed by atoms with Crippen LogP contribution < -0.4 is 0 Å². The van der Waals surface area contributed by atoms with Crippen LogP contribution in [0.25, 0.3) is 0 Å². The van der Waals surface area contributed by atoms with Crippen molar-refractivity contribution in [1.29, 1.82) is 0 Å². The van der Waals surface area contributed by atoms with Crippen molar-refractivity contribution in [2.75, 3.05) is 13.2 Å². The van der Waals surface area contributed by atoms with Gasteiger partial charge in [0.15, 0.2) is 0 Å². The Morgan fingerprint density at radius 3 is 1.29 bits per heavy atom. The monoisotopic (exact) mass is 404 g/mol. The van der Waals surface area contributed by atoms with E-state index in [2.05, 4.69) is 6.92 Å². The summed E-state index contributed by atoms with van der Waals surface area (Å²) in [5.41, 5.74) is 0. The van der Waals surface area contributed by atoms with Crippen molar-refractivity contribution >= 4 is 0 Å². The van der Waals surface area contributed by atoms with Gasteiger partial charge in [0.1, 0.15) is 0 Å². The second-order valence-electron chi connectivity index (χ2n) is 8.15. The maximum absolute atomic E-state index is 9.30. The molecule has 4 N–H and O–H groups in total. The SMILES string of the molecule is CCC(O)CCCCCCCCCO.CCCCCCCCCCC(O)CO. The highest BCUT2D eigenvalue weighted by atomic mass is 16.3. The Bertz CT molecular complexity index is 235. The molecule has 2 atom stereocenters. The Kier molecular flexibility index (Phi) is 28.8. The van der Waals surface area contributed by atoms with Crippen molar-refractivity contribution < 1.29 is 20.4 Å². The van der Waals surface area contributed by atoms with Crippen LogP contribution in [-0.2, 0) is 0 Å². The fourth-order valence-corrected chi connectivity index (χ4v) is 3.18. The summed E-state index contributed by atoms with van der Waals surface area (Å²) in [4.78, 5) is 0. The first-order chi connectivity index (χ1) is 13.6. The zero-order valence-electron chi connectivity index (χ0n) is 19.1. The molecule has 0 fully saturated rings. The van der Waals surface area contributed by atoms with E-state index >= 15 is 0 Å². The van der Waals surface area contributed by atoms with Crippen LogP contribution in [0.2, 0.25) is 0 Å². The summed E-state index contributed by atoms with van der Waals surface area (Å²) in [6.07, 6.45) is 20.6. The Hall–Kier alpha value is -0.160. The van der Waals surface area contributed by atoms with Gasteiger partial charge in [0.2, 0.25) is 0 Å². The zero-order valence-corrected chi connectivity index (χ0v) is 19.1. The average Bonchev–Trinajstić information content (AvgIpc) is 2.72. The molecule has 0 aromatic carbocycles. The summed E-state index contributed by atoms with van der Waals surface area (Å²) < 4.78 is 0. The van der Waals surface area contributed by atoms with Gasteiger partial charge in [-0.1, -0.05) is 104 Å². The minimum absolute atomic E-state index is 0.0793. The first-order valence-electron chi connectivity index (χ1n) is 12.2. The summed E-state index contributed by atoms with van der Waals surface area (Å²) in [5, 5.41) is 35.5. The third-order valence-corrected chi connectivity index (χ3v) is 5.27. The minimum Gasteiger partial charge on any atom is -0.396 e. The molecule has 0 bridgehead atoms. The molecule has 0 radical (unpaired) electrons. The van der Waals surface area contributed by atoms with Crippen LogP contribution in [0.4, 0.5) is 0 Å². The van der Waals surface area contributed by atoms with Crippen LogP contribution in [0.5, 0.6) is 0 Å². The highest BCUT2D eigenvalue weighted by molar-refractivity contribution is 4.54. The summed E-state index contributed by atoms with van der Waals surface area (Å²) >= 11 is 0. The predicted molar refractivity (Wildman–Crippen MR) is 121 cm³/mol. The predicted octanol–water partition coefficient (Wildman–Crippen LogP) is 5.74. The molecule has 0 spiro atoms. The first kappa shape index (κ1) is 30.0. The van der Waals surface area contributed by atoms with Gasteiger partial charge >= 0.3 is 0 Å². The van der Waals surface area contributed by atoms with Crippen molar-refractivity contribution in [3.8, 4) is 0 Å². The first-order valence-corrected chi connectivity index (χ1v) is 12.2. The van der Waals surface area contributed by atoms with Crippen LogP contribution >= 0.6 is 0 Å². The van der Waals surface area contributed by atoms with Crippen LogP contribution in [-0.4, -0.2) is 45.8 Å². The second-order valence-corrected chi connectivity index (χ2v) is 8.15. The van der Waals surface area contributed by atoms with E-state index in [1.165, 1.54) is 70.6 Å². The number of unbranched alkanes of at least 4 members (excludes halogenated alkanes) is 13. The molecule has 2 unspecified atom stereocenters. The van der Waals surface area contributed by atoms with Gasteiger partial charge in [0, 0.05) is 6.61 Å². The lowest BCUT2D eigenvalue weighted by molar-refractivity contribution is 0.0860. The van der Waals surface area contributed by atoms with Gasteiger partial charge in [-0.15, -0.1) is 0 Å². The molecule has 0 aliphatic rings. The Labute approximate surface area is 175 Å². The standard InChI is InChI=1S/2C12H26O2/c1-2-12(14)10-8-6-4-3-5-7-9-11-13;1-2-3-4-5-6-7-8-9-10-12(14)11-13/h2*12-14H,2-11H2,1H3. The van der Waals surface area contributed by atoms with Gasteiger partial charge in [-0.3, -0.25) is 0 Å². The number of hydrogen-bond acceptors (Lipinski definition) is 4. The summed E-state index contributed by atoms with van der Waals surface area (Å²) in [6.45, 7) is 4.51. The van der Waals surface area contributed by atoms with Crippen molar-refractivity contribution in [1.82, 2.24) is 0 Å². The molecule has 0 saturated carbocycles. The molecule has 4 nitrogen and oxygen atoms in total. The lowest BCUT2D eigenvalue weighted by atomic mass is 10.1. The van der Waals surface area contributed by atoms with Crippen LogP contribution in [0.1, 0.15) is 129 Å². The lowest BCUT2D eigenvalue weighted by Gasteiger charge is -2.06. The molecular weight excluding hydrogens is 352 g/mol. The van der Waals surface area contributed by atoms with Crippen molar-refractivity contribution in [3.63, 3.8) is 0 Å². The molecule has 28 heavy (non-hydrogen) atoms. The van der Waals surface area contributed by atoms with Gasteiger partial charge in [0.05, 0.1) is 18.8 Å². The van der Waals surface area contributed by atoms with E-state index in [1.54, 1.807) is 0 Å². The van der Waals surface area contributed by atoms with E-state index in [1.807, 2.05) is 6.92 Å². The highest BCUT2D eigenvalue weighted by Gasteiger charge is 2.00. The third-order valence-electron chi connectivity index (χ3n) is 5.27. The number of aliphatic hydroxyl groups is 4. The molecule has 0 aromatic heterocycles. The molecule has 0 aliphatic carbocycles.